The maximum atomic E-state index is 11.4. The first kappa shape index (κ1) is 17.5. The molecule has 10 heteroatoms. The Morgan fingerprint density at radius 1 is 1.29 bits per heavy atom. The summed E-state index contributed by atoms with van der Waals surface area (Å²) in [6.07, 6.45) is 0. The van der Waals surface area contributed by atoms with Crippen LogP contribution in [-0.4, -0.2) is 47.6 Å². The Bertz CT molecular complexity index is 762. The molecule has 0 spiro atoms. The summed E-state index contributed by atoms with van der Waals surface area (Å²) in [4.78, 5) is 22.8. The van der Waals surface area contributed by atoms with Gasteiger partial charge in [-0.3, -0.25) is 4.79 Å². The van der Waals surface area contributed by atoms with Crippen LogP contribution < -0.4 is 15.2 Å². The molecule has 0 radical (unpaired) electrons. The van der Waals surface area contributed by atoms with Gasteiger partial charge in [0.05, 0.1) is 18.7 Å². The van der Waals surface area contributed by atoms with Crippen LogP contribution in [0.2, 0.25) is 5.02 Å². The fourth-order valence-electron chi connectivity index (χ4n) is 1.92. The smallest absolute Gasteiger partial charge is 0.344 e. The Morgan fingerprint density at radius 3 is 2.67 bits per heavy atom. The van der Waals surface area contributed by atoms with Gasteiger partial charge in [-0.05, 0) is 13.0 Å². The lowest BCUT2D eigenvalue weighted by molar-refractivity contribution is -0.145. The molecule has 0 aliphatic rings. The largest absolute Gasteiger partial charge is 0.493 e. The average molecular weight is 355 g/mol. The average Bonchev–Trinajstić information content (AvgIpc) is 3.03. The van der Waals surface area contributed by atoms with E-state index in [2.05, 4.69) is 15.4 Å². The van der Waals surface area contributed by atoms with Gasteiger partial charge in [-0.15, -0.1) is 0 Å². The standard InChI is InChI=1S/C14H15ClN4O5/c1-3-23-11(20)6-24-10-5-8(15)7(4-9(10)22-2)12-13(14(16)21)18-19-17-12/h4-5H,3,6H2,1-2H3,(H2,16,21)(H,17,18,19). The van der Waals surface area contributed by atoms with E-state index in [-0.39, 0.29) is 41.1 Å². The van der Waals surface area contributed by atoms with E-state index in [0.29, 0.717) is 5.56 Å². The first-order chi connectivity index (χ1) is 11.5. The summed E-state index contributed by atoms with van der Waals surface area (Å²) < 4.78 is 15.4. The number of primary amides is 1. The predicted molar refractivity (Wildman–Crippen MR) is 84.0 cm³/mol. The second kappa shape index (κ2) is 7.64. The molecule has 1 aromatic carbocycles. The van der Waals surface area contributed by atoms with E-state index in [1.165, 1.54) is 19.2 Å². The highest BCUT2D eigenvalue weighted by Gasteiger charge is 2.20. The number of hydrogen-bond acceptors (Lipinski definition) is 7. The summed E-state index contributed by atoms with van der Waals surface area (Å²) in [5.41, 5.74) is 5.75. The summed E-state index contributed by atoms with van der Waals surface area (Å²) in [6.45, 7) is 1.65. The lowest BCUT2D eigenvalue weighted by Gasteiger charge is -2.13. The van der Waals surface area contributed by atoms with Crippen LogP contribution in [0.25, 0.3) is 11.3 Å². The molecule has 0 saturated heterocycles. The monoisotopic (exact) mass is 354 g/mol. The molecule has 9 nitrogen and oxygen atoms in total. The molecule has 24 heavy (non-hydrogen) atoms. The first-order valence-corrected chi connectivity index (χ1v) is 7.22. The van der Waals surface area contributed by atoms with Crippen LogP contribution >= 0.6 is 11.6 Å². The van der Waals surface area contributed by atoms with Crippen molar-refractivity contribution in [2.45, 2.75) is 6.92 Å². The van der Waals surface area contributed by atoms with Gasteiger partial charge in [0.15, 0.2) is 23.8 Å². The van der Waals surface area contributed by atoms with Gasteiger partial charge < -0.3 is 19.9 Å². The highest BCUT2D eigenvalue weighted by Crippen LogP contribution is 2.38. The van der Waals surface area contributed by atoms with Gasteiger partial charge in [0.25, 0.3) is 5.91 Å². The highest BCUT2D eigenvalue weighted by atomic mass is 35.5. The zero-order valence-corrected chi connectivity index (χ0v) is 13.7. The summed E-state index contributed by atoms with van der Waals surface area (Å²) >= 11 is 6.22. The van der Waals surface area contributed by atoms with Gasteiger partial charge in [0, 0.05) is 11.6 Å². The van der Waals surface area contributed by atoms with Gasteiger partial charge in [0.1, 0.15) is 5.69 Å². The van der Waals surface area contributed by atoms with Crippen molar-refractivity contribution >= 4 is 23.5 Å². The summed E-state index contributed by atoms with van der Waals surface area (Å²) in [6, 6.07) is 2.95. The van der Waals surface area contributed by atoms with Crippen molar-refractivity contribution in [3.63, 3.8) is 0 Å². The molecule has 0 aliphatic carbocycles. The van der Waals surface area contributed by atoms with E-state index in [1.54, 1.807) is 6.92 Å². The summed E-state index contributed by atoms with van der Waals surface area (Å²) in [5.74, 6) is -0.746. The Kier molecular flexibility index (Phi) is 5.59. The minimum absolute atomic E-state index is 0.0563. The molecule has 1 heterocycles. The number of hydrogen-bond donors (Lipinski definition) is 2. The number of rotatable bonds is 7. The number of aromatic amines is 1. The third-order valence-corrected chi connectivity index (χ3v) is 3.25. The Morgan fingerprint density at radius 2 is 2.04 bits per heavy atom. The minimum Gasteiger partial charge on any atom is -0.493 e. The molecular weight excluding hydrogens is 340 g/mol. The molecule has 0 saturated carbocycles. The summed E-state index contributed by atoms with van der Waals surface area (Å²) in [5, 5.41) is 10.1. The Balaban J connectivity index is 2.35. The van der Waals surface area contributed by atoms with Crippen LogP contribution in [0.4, 0.5) is 0 Å². The lowest BCUT2D eigenvalue weighted by Crippen LogP contribution is -2.15. The minimum atomic E-state index is -0.753. The SMILES string of the molecule is CCOC(=O)COc1cc(Cl)c(-c2n[nH]nc2C(N)=O)cc1OC. The number of benzene rings is 1. The molecule has 128 valence electrons. The molecule has 0 unspecified atom stereocenters. The van der Waals surface area contributed by atoms with Crippen molar-refractivity contribution in [1.82, 2.24) is 15.4 Å². The topological polar surface area (TPSA) is 129 Å². The van der Waals surface area contributed by atoms with E-state index < -0.39 is 11.9 Å². The fourth-order valence-corrected chi connectivity index (χ4v) is 2.16. The molecule has 0 bridgehead atoms. The number of carbonyl (C=O) groups excluding carboxylic acids is 2. The quantitative estimate of drug-likeness (QED) is 0.714. The summed E-state index contributed by atoms with van der Waals surface area (Å²) in [7, 11) is 1.42. The van der Waals surface area contributed by atoms with Crippen LogP contribution in [0.1, 0.15) is 17.4 Å². The van der Waals surface area contributed by atoms with Gasteiger partial charge >= 0.3 is 5.97 Å². The van der Waals surface area contributed by atoms with E-state index in [9.17, 15) is 9.59 Å². The van der Waals surface area contributed by atoms with Crippen molar-refractivity contribution in [2.75, 3.05) is 20.3 Å². The van der Waals surface area contributed by atoms with Crippen molar-refractivity contribution in [3.05, 3.63) is 22.8 Å². The number of esters is 1. The number of halogens is 1. The number of nitrogens with one attached hydrogen (secondary N) is 1. The second-order valence-electron chi connectivity index (χ2n) is 4.46. The van der Waals surface area contributed by atoms with Gasteiger partial charge in [0.2, 0.25) is 0 Å². The molecule has 0 fully saturated rings. The predicted octanol–water partition coefficient (Wildman–Crippen LogP) is 1.17. The molecule has 2 rings (SSSR count). The number of methoxy groups -OCH3 is 1. The number of ether oxygens (including phenoxy) is 3. The molecular formula is C14H15ClN4O5. The van der Waals surface area contributed by atoms with Crippen molar-refractivity contribution in [3.8, 4) is 22.8 Å². The molecule has 2 aromatic rings. The van der Waals surface area contributed by atoms with Gasteiger partial charge in [-0.2, -0.15) is 15.4 Å². The normalized spacial score (nSPS) is 10.3. The third kappa shape index (κ3) is 3.74. The second-order valence-corrected chi connectivity index (χ2v) is 4.87. The van der Waals surface area contributed by atoms with E-state index >= 15 is 0 Å². The molecule has 1 amide bonds. The molecule has 1 aromatic heterocycles. The number of nitrogens with zero attached hydrogens (tertiary/aromatic N) is 2. The maximum Gasteiger partial charge on any atom is 0.344 e. The van der Waals surface area contributed by atoms with E-state index in [4.69, 9.17) is 31.5 Å². The van der Waals surface area contributed by atoms with Gasteiger partial charge in [-0.25, -0.2) is 4.79 Å². The van der Waals surface area contributed by atoms with Crippen molar-refractivity contribution < 1.29 is 23.8 Å². The number of H-pyrrole nitrogens is 1. The van der Waals surface area contributed by atoms with Crippen LogP contribution in [-0.2, 0) is 9.53 Å². The maximum absolute atomic E-state index is 11.4. The zero-order chi connectivity index (χ0) is 17.7. The van der Waals surface area contributed by atoms with E-state index in [0.717, 1.165) is 0 Å². The van der Waals surface area contributed by atoms with Crippen LogP contribution in [0, 0.1) is 0 Å². The number of carbonyl (C=O) groups is 2. The molecule has 0 atom stereocenters. The number of nitrogens with two attached hydrogens (primary N) is 1. The van der Waals surface area contributed by atoms with Crippen LogP contribution in [0.15, 0.2) is 12.1 Å². The highest BCUT2D eigenvalue weighted by molar-refractivity contribution is 6.33. The van der Waals surface area contributed by atoms with Crippen LogP contribution in [0.5, 0.6) is 11.5 Å². The first-order valence-electron chi connectivity index (χ1n) is 6.84. The zero-order valence-electron chi connectivity index (χ0n) is 13.0. The Labute approximate surface area is 142 Å². The van der Waals surface area contributed by atoms with Crippen molar-refractivity contribution in [2.24, 2.45) is 5.73 Å². The third-order valence-electron chi connectivity index (χ3n) is 2.94. The fraction of sp³-hybridized carbons (Fsp3) is 0.286. The molecule has 0 aliphatic heterocycles. The van der Waals surface area contributed by atoms with Gasteiger partial charge in [-0.1, -0.05) is 11.6 Å². The number of aromatic nitrogens is 3. The Hall–Kier alpha value is -2.81. The van der Waals surface area contributed by atoms with Crippen LogP contribution in [0.3, 0.4) is 0 Å². The van der Waals surface area contributed by atoms with E-state index in [1.807, 2.05) is 0 Å². The lowest BCUT2D eigenvalue weighted by atomic mass is 10.1. The number of amides is 1. The molecule has 3 N–H and O–H groups in total. The van der Waals surface area contributed by atoms with Crippen molar-refractivity contribution in [1.29, 1.82) is 0 Å².